The standard InChI is InChI=1S/C30H25N/c1-29(2)22-14-8-10-16-25(22)31-24-15-9-6-12-19(24)26-27-20(17-23(29)28(26)31)18-11-5-7-13-21(18)30(27,3)4/h5-17H,1-4H3. The van der Waals surface area contributed by atoms with E-state index in [1.807, 2.05) is 0 Å². The van der Waals surface area contributed by atoms with Crippen molar-refractivity contribution in [2.45, 2.75) is 38.5 Å². The minimum atomic E-state index is -0.0596. The van der Waals surface area contributed by atoms with Crippen LogP contribution >= 0.6 is 0 Å². The number of fused-ring (bicyclic) bond motifs is 9. The quantitative estimate of drug-likeness (QED) is 0.251. The first-order chi connectivity index (χ1) is 14.9. The van der Waals surface area contributed by atoms with Gasteiger partial charge in [-0.3, -0.25) is 0 Å². The molecule has 1 aromatic heterocycles. The highest BCUT2D eigenvalue weighted by molar-refractivity contribution is 6.16. The molecule has 0 bridgehead atoms. The number of nitrogens with zero attached hydrogens (tertiary/aromatic N) is 1. The first-order valence-electron chi connectivity index (χ1n) is 11.2. The highest BCUT2D eigenvalue weighted by atomic mass is 15.0. The molecule has 5 aromatic rings. The third kappa shape index (κ3) is 1.85. The predicted octanol–water partition coefficient (Wildman–Crippen LogP) is 7.73. The van der Waals surface area contributed by atoms with Crippen LogP contribution in [-0.4, -0.2) is 4.57 Å². The molecular weight excluding hydrogens is 374 g/mol. The minimum Gasteiger partial charge on any atom is -0.309 e. The van der Waals surface area contributed by atoms with E-state index in [0.717, 1.165) is 0 Å². The zero-order valence-corrected chi connectivity index (χ0v) is 18.5. The van der Waals surface area contributed by atoms with E-state index in [9.17, 15) is 0 Å². The fourth-order valence-corrected chi connectivity index (χ4v) is 6.50. The molecule has 7 rings (SSSR count). The first-order valence-corrected chi connectivity index (χ1v) is 11.2. The van der Waals surface area contributed by atoms with Crippen molar-refractivity contribution in [2.24, 2.45) is 0 Å². The molecule has 1 heteroatoms. The van der Waals surface area contributed by atoms with Crippen LogP contribution in [0.15, 0.2) is 78.9 Å². The Morgan fingerprint density at radius 1 is 0.613 bits per heavy atom. The molecule has 1 nitrogen and oxygen atoms in total. The Bertz CT molecular complexity index is 1580. The van der Waals surface area contributed by atoms with Gasteiger partial charge in [0.15, 0.2) is 0 Å². The van der Waals surface area contributed by atoms with Crippen molar-refractivity contribution in [1.82, 2.24) is 4.57 Å². The van der Waals surface area contributed by atoms with E-state index >= 15 is 0 Å². The molecule has 0 fully saturated rings. The van der Waals surface area contributed by atoms with E-state index in [2.05, 4.69) is 111 Å². The normalized spacial score (nSPS) is 16.9. The summed E-state index contributed by atoms with van der Waals surface area (Å²) in [5.74, 6) is 0. The molecule has 31 heavy (non-hydrogen) atoms. The highest BCUT2D eigenvalue weighted by Gasteiger charge is 2.42. The zero-order valence-electron chi connectivity index (χ0n) is 18.5. The van der Waals surface area contributed by atoms with Crippen LogP contribution in [0.25, 0.3) is 38.6 Å². The van der Waals surface area contributed by atoms with Crippen molar-refractivity contribution < 1.29 is 0 Å². The second-order valence-electron chi connectivity index (χ2n) is 10.2. The van der Waals surface area contributed by atoms with E-state index in [-0.39, 0.29) is 10.8 Å². The maximum atomic E-state index is 2.53. The van der Waals surface area contributed by atoms with E-state index in [4.69, 9.17) is 0 Å². The van der Waals surface area contributed by atoms with Gasteiger partial charge in [-0.15, -0.1) is 0 Å². The Labute approximate surface area is 183 Å². The maximum absolute atomic E-state index is 2.53. The lowest BCUT2D eigenvalue weighted by molar-refractivity contribution is 0.628. The predicted molar refractivity (Wildman–Crippen MR) is 130 cm³/mol. The number of hydrogen-bond donors (Lipinski definition) is 0. The van der Waals surface area contributed by atoms with Crippen LogP contribution in [-0.2, 0) is 10.8 Å². The van der Waals surface area contributed by atoms with Gasteiger partial charge in [0, 0.05) is 21.6 Å². The molecular formula is C30H25N. The largest absolute Gasteiger partial charge is 0.309 e. The smallest absolute Gasteiger partial charge is 0.0585 e. The van der Waals surface area contributed by atoms with Gasteiger partial charge in [0.05, 0.1) is 16.7 Å². The lowest BCUT2D eigenvalue weighted by Gasteiger charge is -2.35. The summed E-state index contributed by atoms with van der Waals surface area (Å²) in [6.45, 7) is 9.57. The lowest BCUT2D eigenvalue weighted by atomic mass is 9.72. The molecule has 0 atom stereocenters. The third-order valence-corrected chi connectivity index (χ3v) is 7.95. The van der Waals surface area contributed by atoms with E-state index in [1.165, 1.54) is 60.9 Å². The molecule has 2 heterocycles. The Hall–Kier alpha value is -3.32. The van der Waals surface area contributed by atoms with Gasteiger partial charge >= 0.3 is 0 Å². The van der Waals surface area contributed by atoms with Gasteiger partial charge in [-0.25, -0.2) is 0 Å². The van der Waals surface area contributed by atoms with Crippen molar-refractivity contribution in [3.05, 3.63) is 101 Å². The van der Waals surface area contributed by atoms with Gasteiger partial charge in [-0.05, 0) is 51.6 Å². The molecule has 4 aromatic carbocycles. The Morgan fingerprint density at radius 2 is 1.29 bits per heavy atom. The lowest BCUT2D eigenvalue weighted by Crippen LogP contribution is -2.27. The van der Waals surface area contributed by atoms with Crippen LogP contribution in [0.1, 0.15) is 49.9 Å². The molecule has 150 valence electrons. The van der Waals surface area contributed by atoms with Crippen LogP contribution in [0.5, 0.6) is 0 Å². The SMILES string of the molecule is CC1(C)c2ccccc2-c2cc3c4c(c21)c1ccccc1n4-c1ccccc1C3(C)C. The molecule has 0 radical (unpaired) electrons. The number of hydrogen-bond acceptors (Lipinski definition) is 0. The number of para-hydroxylation sites is 2. The van der Waals surface area contributed by atoms with Crippen LogP contribution in [0.2, 0.25) is 0 Å². The van der Waals surface area contributed by atoms with Crippen molar-refractivity contribution >= 4 is 21.8 Å². The molecule has 0 amide bonds. The van der Waals surface area contributed by atoms with Crippen molar-refractivity contribution in [3.8, 4) is 16.8 Å². The average Bonchev–Trinajstić information content (AvgIpc) is 3.23. The summed E-state index contributed by atoms with van der Waals surface area (Å²) >= 11 is 0. The number of aromatic nitrogens is 1. The van der Waals surface area contributed by atoms with Gasteiger partial charge in [-0.2, -0.15) is 0 Å². The first kappa shape index (κ1) is 17.4. The van der Waals surface area contributed by atoms with Crippen LogP contribution in [0.3, 0.4) is 0 Å². The molecule has 0 N–H and O–H groups in total. The summed E-state index contributed by atoms with van der Waals surface area (Å²) in [6.07, 6.45) is 0. The van der Waals surface area contributed by atoms with E-state index in [1.54, 1.807) is 0 Å². The van der Waals surface area contributed by atoms with Gasteiger partial charge in [0.25, 0.3) is 0 Å². The van der Waals surface area contributed by atoms with E-state index in [0.29, 0.717) is 0 Å². The van der Waals surface area contributed by atoms with Crippen LogP contribution in [0, 0.1) is 0 Å². The monoisotopic (exact) mass is 399 g/mol. The summed E-state index contributed by atoms with van der Waals surface area (Å²) in [5, 5.41) is 2.80. The summed E-state index contributed by atoms with van der Waals surface area (Å²) in [5.41, 5.74) is 12.5. The summed E-state index contributed by atoms with van der Waals surface area (Å²) < 4.78 is 2.53. The average molecular weight is 400 g/mol. The molecule has 2 aliphatic rings. The van der Waals surface area contributed by atoms with Crippen molar-refractivity contribution in [2.75, 3.05) is 0 Å². The summed E-state index contributed by atoms with van der Waals surface area (Å²) in [6, 6.07) is 29.4. The van der Waals surface area contributed by atoms with Crippen LogP contribution in [0.4, 0.5) is 0 Å². The van der Waals surface area contributed by atoms with Gasteiger partial charge in [0.1, 0.15) is 0 Å². The third-order valence-electron chi connectivity index (χ3n) is 7.95. The van der Waals surface area contributed by atoms with Crippen molar-refractivity contribution in [3.63, 3.8) is 0 Å². The van der Waals surface area contributed by atoms with Crippen molar-refractivity contribution in [1.29, 1.82) is 0 Å². The molecule has 0 saturated heterocycles. The highest BCUT2D eigenvalue weighted by Crippen LogP contribution is 2.57. The summed E-state index contributed by atoms with van der Waals surface area (Å²) in [4.78, 5) is 0. The number of rotatable bonds is 0. The Balaban J connectivity index is 1.81. The summed E-state index contributed by atoms with van der Waals surface area (Å²) in [7, 11) is 0. The molecule has 0 saturated carbocycles. The second kappa shape index (κ2) is 5.29. The maximum Gasteiger partial charge on any atom is 0.0585 e. The fraction of sp³-hybridized carbons (Fsp3) is 0.200. The topological polar surface area (TPSA) is 4.93 Å². The molecule has 1 aliphatic heterocycles. The molecule has 0 spiro atoms. The van der Waals surface area contributed by atoms with Gasteiger partial charge in [0.2, 0.25) is 0 Å². The van der Waals surface area contributed by atoms with Gasteiger partial charge < -0.3 is 4.57 Å². The Kier molecular flexibility index (Phi) is 2.96. The van der Waals surface area contributed by atoms with Crippen LogP contribution < -0.4 is 0 Å². The zero-order chi connectivity index (χ0) is 21.1. The second-order valence-corrected chi connectivity index (χ2v) is 10.2. The molecule has 0 unspecified atom stereocenters. The molecule has 1 aliphatic carbocycles. The minimum absolute atomic E-state index is 0.0273. The number of benzene rings is 4. The van der Waals surface area contributed by atoms with Gasteiger partial charge in [-0.1, -0.05) is 88.4 Å². The Morgan fingerprint density at radius 3 is 2.13 bits per heavy atom. The van der Waals surface area contributed by atoms with E-state index < -0.39 is 0 Å². The fourth-order valence-electron chi connectivity index (χ4n) is 6.50.